The molecule has 0 bridgehead atoms. The third-order valence-electron chi connectivity index (χ3n) is 6.40. The summed E-state index contributed by atoms with van der Waals surface area (Å²) in [7, 11) is 0. The maximum Gasteiger partial charge on any atom is 0.139 e. The van der Waals surface area contributed by atoms with Gasteiger partial charge in [-0.1, -0.05) is 63.3 Å². The Bertz CT molecular complexity index is 786. The first-order valence-corrected chi connectivity index (χ1v) is 11.7. The van der Waals surface area contributed by atoms with E-state index >= 15 is 0 Å². The van der Waals surface area contributed by atoms with Gasteiger partial charge in [-0.05, 0) is 41.8 Å². The van der Waals surface area contributed by atoms with Gasteiger partial charge in [0.15, 0.2) is 0 Å². The minimum absolute atomic E-state index is 0.284. The molecule has 2 aliphatic rings. The molecular weight excluding hydrogens is 412 g/mol. The summed E-state index contributed by atoms with van der Waals surface area (Å²) in [6.07, 6.45) is 6.54. The highest BCUT2D eigenvalue weighted by Gasteiger charge is 2.56. The summed E-state index contributed by atoms with van der Waals surface area (Å²) in [5.41, 5.74) is 1.30. The Morgan fingerprint density at radius 1 is 0.812 bits per heavy atom. The van der Waals surface area contributed by atoms with Crippen LogP contribution in [0, 0.1) is 11.6 Å². The van der Waals surface area contributed by atoms with Crippen molar-refractivity contribution in [3.05, 3.63) is 71.3 Å². The summed E-state index contributed by atoms with van der Waals surface area (Å²) in [5, 5.41) is 0. The molecule has 0 aliphatic carbocycles. The van der Waals surface area contributed by atoms with E-state index in [1.807, 2.05) is 0 Å². The van der Waals surface area contributed by atoms with Crippen molar-refractivity contribution in [3.8, 4) is 0 Å². The van der Waals surface area contributed by atoms with Gasteiger partial charge in [0.1, 0.15) is 24.1 Å². The smallest absolute Gasteiger partial charge is 0.139 e. The maximum atomic E-state index is 13.5. The van der Waals surface area contributed by atoms with E-state index in [1.165, 1.54) is 56.4 Å². The van der Waals surface area contributed by atoms with Crippen LogP contribution in [0.15, 0.2) is 48.5 Å². The number of hydrogen-bond acceptors (Lipinski definition) is 4. The van der Waals surface area contributed by atoms with Crippen molar-refractivity contribution in [1.29, 1.82) is 0 Å². The summed E-state index contributed by atoms with van der Waals surface area (Å²) in [5.74, 6) is -0.568. The molecule has 0 radical (unpaired) electrons. The number of nitrogens with zero attached hydrogens (tertiary/aromatic N) is 1. The molecule has 32 heavy (non-hydrogen) atoms. The van der Waals surface area contributed by atoms with Gasteiger partial charge in [0.05, 0.1) is 25.4 Å². The molecule has 6 heteroatoms. The average Bonchev–Trinajstić information content (AvgIpc) is 3.34. The Kier molecular flexibility index (Phi) is 7.89. The number of rotatable bonds is 11. The number of halogens is 2. The first-order valence-electron chi connectivity index (χ1n) is 11.7. The number of fused-ring (bicyclic) bond motifs is 1. The molecule has 4 rings (SSSR count). The van der Waals surface area contributed by atoms with Crippen LogP contribution in [0.1, 0.15) is 69.0 Å². The second-order valence-electron chi connectivity index (χ2n) is 8.88. The maximum absolute atomic E-state index is 13.5. The monoisotopic (exact) mass is 445 g/mol. The summed E-state index contributed by atoms with van der Waals surface area (Å²) in [6, 6.07) is 12.7. The Morgan fingerprint density at radius 2 is 1.31 bits per heavy atom. The van der Waals surface area contributed by atoms with E-state index in [4.69, 9.17) is 14.2 Å². The molecule has 0 amide bonds. The fourth-order valence-electron chi connectivity index (χ4n) is 4.61. The van der Waals surface area contributed by atoms with E-state index in [2.05, 4.69) is 11.8 Å². The summed E-state index contributed by atoms with van der Waals surface area (Å²) in [4.78, 5) is 2.18. The Balaban J connectivity index is 1.46. The van der Waals surface area contributed by atoms with Gasteiger partial charge in [-0.2, -0.15) is 0 Å². The molecule has 0 spiro atoms. The SMILES string of the molecule is CCCCCCCCOCC12CO[C@H](c3ccc(F)cc3)N1[C@@H](c1ccc(F)cc1)OC2. The lowest BCUT2D eigenvalue weighted by Gasteiger charge is -2.34. The standard InChI is InChI=1S/C26H33F2NO3/c1-2-3-4-5-6-7-16-30-17-26-18-31-24(20-8-12-22(27)13-9-20)29(26)25(32-19-26)21-10-14-23(28)15-11-21/h8-15,24-25H,2-7,16-19H2,1H3/t24-,25-/m1/s1. The van der Waals surface area contributed by atoms with Crippen molar-refractivity contribution in [2.45, 2.75) is 63.4 Å². The van der Waals surface area contributed by atoms with Gasteiger partial charge in [-0.25, -0.2) is 13.7 Å². The van der Waals surface area contributed by atoms with Crippen LogP contribution in [-0.4, -0.2) is 36.9 Å². The summed E-state index contributed by atoms with van der Waals surface area (Å²) < 4.78 is 45.5. The van der Waals surface area contributed by atoms with E-state index in [1.54, 1.807) is 24.3 Å². The van der Waals surface area contributed by atoms with E-state index in [9.17, 15) is 8.78 Å². The van der Waals surface area contributed by atoms with Crippen molar-refractivity contribution in [2.24, 2.45) is 0 Å². The summed E-state index contributed by atoms with van der Waals surface area (Å²) >= 11 is 0. The van der Waals surface area contributed by atoms with Gasteiger partial charge in [0.25, 0.3) is 0 Å². The van der Waals surface area contributed by atoms with Crippen LogP contribution >= 0.6 is 0 Å². The third-order valence-corrected chi connectivity index (χ3v) is 6.40. The lowest BCUT2D eigenvalue weighted by Crippen LogP contribution is -2.48. The van der Waals surface area contributed by atoms with Crippen LogP contribution in [0.3, 0.4) is 0 Å². The molecule has 2 saturated heterocycles. The lowest BCUT2D eigenvalue weighted by molar-refractivity contribution is -0.0642. The minimum Gasteiger partial charge on any atom is -0.379 e. The highest BCUT2D eigenvalue weighted by atomic mass is 19.1. The highest BCUT2D eigenvalue weighted by molar-refractivity contribution is 5.25. The largest absolute Gasteiger partial charge is 0.379 e. The second-order valence-corrected chi connectivity index (χ2v) is 8.88. The van der Waals surface area contributed by atoms with Crippen molar-refractivity contribution in [2.75, 3.05) is 26.4 Å². The van der Waals surface area contributed by atoms with Gasteiger partial charge in [0, 0.05) is 6.61 Å². The quantitative estimate of drug-likeness (QED) is 0.389. The number of unbranched alkanes of at least 4 members (excludes halogenated alkanes) is 5. The molecule has 0 aromatic heterocycles. The predicted octanol–water partition coefficient (Wildman–Crippen LogP) is 6.14. The van der Waals surface area contributed by atoms with Crippen molar-refractivity contribution in [1.82, 2.24) is 4.90 Å². The zero-order valence-electron chi connectivity index (χ0n) is 18.8. The lowest BCUT2D eigenvalue weighted by atomic mass is 10.0. The van der Waals surface area contributed by atoms with Crippen LogP contribution in [0.2, 0.25) is 0 Å². The van der Waals surface area contributed by atoms with E-state index in [0.717, 1.165) is 17.5 Å². The third kappa shape index (κ3) is 5.20. The molecule has 2 aromatic carbocycles. The van der Waals surface area contributed by atoms with Crippen LogP contribution in [-0.2, 0) is 14.2 Å². The number of benzene rings is 2. The average molecular weight is 446 g/mol. The van der Waals surface area contributed by atoms with E-state index in [0.29, 0.717) is 26.4 Å². The Morgan fingerprint density at radius 3 is 1.84 bits per heavy atom. The topological polar surface area (TPSA) is 30.9 Å². The zero-order valence-corrected chi connectivity index (χ0v) is 18.8. The molecule has 174 valence electrons. The number of ether oxygens (including phenoxy) is 3. The van der Waals surface area contributed by atoms with Crippen molar-refractivity contribution in [3.63, 3.8) is 0 Å². The molecule has 2 heterocycles. The van der Waals surface area contributed by atoms with Gasteiger partial charge in [-0.15, -0.1) is 0 Å². The number of hydrogen-bond donors (Lipinski definition) is 0. The van der Waals surface area contributed by atoms with Gasteiger partial charge in [-0.3, -0.25) is 0 Å². The normalized spacial score (nSPS) is 22.3. The zero-order chi connectivity index (χ0) is 22.4. The Labute approximate surface area is 189 Å². The molecule has 2 atom stereocenters. The van der Waals surface area contributed by atoms with Crippen LogP contribution in [0.25, 0.3) is 0 Å². The molecular formula is C26H33F2NO3. The van der Waals surface area contributed by atoms with Crippen molar-refractivity contribution >= 4 is 0 Å². The molecule has 4 nitrogen and oxygen atoms in total. The second kappa shape index (κ2) is 10.8. The first-order chi connectivity index (χ1) is 15.6. The van der Waals surface area contributed by atoms with Gasteiger partial charge >= 0.3 is 0 Å². The molecule has 2 fully saturated rings. The highest BCUT2D eigenvalue weighted by Crippen LogP contribution is 2.49. The minimum atomic E-state index is -0.430. The predicted molar refractivity (Wildman–Crippen MR) is 119 cm³/mol. The first kappa shape index (κ1) is 23.3. The van der Waals surface area contributed by atoms with Crippen LogP contribution in [0.4, 0.5) is 8.78 Å². The molecule has 0 unspecified atom stereocenters. The molecule has 0 saturated carbocycles. The van der Waals surface area contributed by atoms with E-state index < -0.39 is 5.54 Å². The fourth-order valence-corrected chi connectivity index (χ4v) is 4.61. The van der Waals surface area contributed by atoms with Crippen LogP contribution in [0.5, 0.6) is 0 Å². The van der Waals surface area contributed by atoms with E-state index in [-0.39, 0.29) is 24.1 Å². The fraction of sp³-hybridized carbons (Fsp3) is 0.538. The molecule has 2 aliphatic heterocycles. The van der Waals surface area contributed by atoms with Gasteiger partial charge in [0.2, 0.25) is 0 Å². The Hall–Kier alpha value is -1.86. The molecule has 2 aromatic rings. The summed E-state index contributed by atoms with van der Waals surface area (Å²) in [6.45, 7) is 4.36. The van der Waals surface area contributed by atoms with Gasteiger partial charge < -0.3 is 14.2 Å². The molecule has 0 N–H and O–H groups in total. The van der Waals surface area contributed by atoms with Crippen LogP contribution < -0.4 is 0 Å². The van der Waals surface area contributed by atoms with Crippen molar-refractivity contribution < 1.29 is 23.0 Å².